The number of aryl methyl sites for hydroxylation is 2. The van der Waals surface area contributed by atoms with Gasteiger partial charge in [0.25, 0.3) is 0 Å². The Morgan fingerprint density at radius 2 is 2.00 bits per heavy atom. The van der Waals surface area contributed by atoms with E-state index in [4.69, 9.17) is 5.41 Å². The highest BCUT2D eigenvalue weighted by Crippen LogP contribution is 1.87. The first-order valence-corrected chi connectivity index (χ1v) is 2.86. The Balaban J connectivity index is 3.48. The van der Waals surface area contributed by atoms with Crippen LogP contribution in [-0.4, -0.2) is 9.13 Å². The standard InChI is InChI=1S/C6H11N3/c1-5-4-8(2)6(7)9(5)3/h4,7H,1-3H3. The van der Waals surface area contributed by atoms with Crippen molar-refractivity contribution in [1.29, 1.82) is 5.41 Å². The molecule has 50 valence electrons. The van der Waals surface area contributed by atoms with Gasteiger partial charge in [0.1, 0.15) is 0 Å². The van der Waals surface area contributed by atoms with Crippen molar-refractivity contribution in [2.75, 3.05) is 0 Å². The second-order valence-corrected chi connectivity index (χ2v) is 2.26. The van der Waals surface area contributed by atoms with Crippen molar-refractivity contribution in [3.05, 3.63) is 17.5 Å². The molecule has 0 aromatic carbocycles. The van der Waals surface area contributed by atoms with E-state index in [1.165, 1.54) is 0 Å². The lowest BCUT2D eigenvalue weighted by Gasteiger charge is -1.90. The summed E-state index contributed by atoms with van der Waals surface area (Å²) in [6, 6.07) is 0. The zero-order chi connectivity index (χ0) is 7.02. The van der Waals surface area contributed by atoms with Crippen LogP contribution >= 0.6 is 0 Å². The third kappa shape index (κ3) is 0.781. The molecule has 1 rings (SSSR count). The van der Waals surface area contributed by atoms with Gasteiger partial charge in [-0.3, -0.25) is 5.41 Å². The van der Waals surface area contributed by atoms with Crippen molar-refractivity contribution in [2.24, 2.45) is 14.1 Å². The van der Waals surface area contributed by atoms with E-state index in [-0.39, 0.29) is 0 Å². The van der Waals surface area contributed by atoms with Crippen LogP contribution in [0.3, 0.4) is 0 Å². The highest BCUT2D eigenvalue weighted by molar-refractivity contribution is 4.93. The Morgan fingerprint density at radius 3 is 2.11 bits per heavy atom. The second-order valence-electron chi connectivity index (χ2n) is 2.26. The molecule has 0 bridgehead atoms. The summed E-state index contributed by atoms with van der Waals surface area (Å²) in [5.41, 5.74) is 1.65. The molecule has 0 saturated carbocycles. The molecule has 0 aliphatic heterocycles. The van der Waals surface area contributed by atoms with Gasteiger partial charge in [-0.15, -0.1) is 0 Å². The first kappa shape index (κ1) is 6.13. The smallest absolute Gasteiger partial charge is 0.201 e. The fourth-order valence-corrected chi connectivity index (χ4v) is 0.832. The minimum Gasteiger partial charge on any atom is -0.320 e. The molecular formula is C6H11N3. The Bertz CT molecular complexity index is 266. The Hall–Kier alpha value is -0.990. The second kappa shape index (κ2) is 1.76. The van der Waals surface area contributed by atoms with Crippen molar-refractivity contribution in [3.8, 4) is 0 Å². The van der Waals surface area contributed by atoms with Crippen LogP contribution in [0.4, 0.5) is 0 Å². The maximum absolute atomic E-state index is 7.39. The number of rotatable bonds is 0. The van der Waals surface area contributed by atoms with Crippen molar-refractivity contribution < 1.29 is 0 Å². The van der Waals surface area contributed by atoms with E-state index in [9.17, 15) is 0 Å². The van der Waals surface area contributed by atoms with Crippen LogP contribution in [0, 0.1) is 12.3 Å². The molecule has 1 aromatic rings. The molecule has 0 amide bonds. The molecule has 1 heterocycles. The van der Waals surface area contributed by atoms with Gasteiger partial charge in [0.05, 0.1) is 0 Å². The van der Waals surface area contributed by atoms with Gasteiger partial charge in [-0.25, -0.2) is 0 Å². The molecule has 9 heavy (non-hydrogen) atoms. The summed E-state index contributed by atoms with van der Waals surface area (Å²) in [5, 5.41) is 7.39. The average Bonchev–Trinajstić information content (AvgIpc) is 1.98. The highest BCUT2D eigenvalue weighted by atomic mass is 15.1. The molecule has 0 aliphatic rings. The maximum atomic E-state index is 7.39. The van der Waals surface area contributed by atoms with E-state index in [0.29, 0.717) is 5.62 Å². The van der Waals surface area contributed by atoms with Gasteiger partial charge in [-0.2, -0.15) is 0 Å². The molecule has 0 aliphatic carbocycles. The SMILES string of the molecule is Cc1cn(C)c(=N)n1C. The van der Waals surface area contributed by atoms with Crippen LogP contribution in [0.2, 0.25) is 0 Å². The predicted molar refractivity (Wildman–Crippen MR) is 35.0 cm³/mol. The number of hydrogen-bond acceptors (Lipinski definition) is 1. The van der Waals surface area contributed by atoms with Crippen LogP contribution in [0.25, 0.3) is 0 Å². The van der Waals surface area contributed by atoms with E-state index < -0.39 is 0 Å². The van der Waals surface area contributed by atoms with Crippen molar-refractivity contribution in [1.82, 2.24) is 9.13 Å². The summed E-state index contributed by atoms with van der Waals surface area (Å²) in [6.45, 7) is 1.98. The van der Waals surface area contributed by atoms with Gasteiger partial charge in [0.2, 0.25) is 5.62 Å². The largest absolute Gasteiger partial charge is 0.320 e. The van der Waals surface area contributed by atoms with E-state index in [1.807, 2.05) is 31.8 Å². The third-order valence-corrected chi connectivity index (χ3v) is 1.56. The van der Waals surface area contributed by atoms with Gasteiger partial charge in [0.15, 0.2) is 0 Å². The number of aromatic nitrogens is 2. The molecule has 0 fully saturated rings. The Morgan fingerprint density at radius 1 is 1.44 bits per heavy atom. The molecule has 0 radical (unpaired) electrons. The molecule has 0 spiro atoms. The Kier molecular flexibility index (Phi) is 1.20. The molecule has 3 nitrogen and oxygen atoms in total. The van der Waals surface area contributed by atoms with Crippen molar-refractivity contribution >= 4 is 0 Å². The van der Waals surface area contributed by atoms with E-state index >= 15 is 0 Å². The van der Waals surface area contributed by atoms with Crippen molar-refractivity contribution in [3.63, 3.8) is 0 Å². The number of hydrogen-bond donors (Lipinski definition) is 1. The maximum Gasteiger partial charge on any atom is 0.201 e. The lowest BCUT2D eigenvalue weighted by atomic mass is 10.5. The molecule has 1 N–H and O–H groups in total. The highest BCUT2D eigenvalue weighted by Gasteiger charge is 1.93. The van der Waals surface area contributed by atoms with Gasteiger partial charge < -0.3 is 9.13 Å². The summed E-state index contributed by atoms with van der Waals surface area (Å²) in [6.07, 6.45) is 1.93. The summed E-state index contributed by atoms with van der Waals surface area (Å²) < 4.78 is 3.62. The average molecular weight is 125 g/mol. The summed E-state index contributed by atoms with van der Waals surface area (Å²) >= 11 is 0. The van der Waals surface area contributed by atoms with E-state index in [1.54, 1.807) is 4.57 Å². The summed E-state index contributed by atoms with van der Waals surface area (Å²) in [7, 11) is 3.76. The quantitative estimate of drug-likeness (QED) is 0.512. The molecule has 3 heteroatoms. The first-order chi connectivity index (χ1) is 4.13. The minimum absolute atomic E-state index is 0.535. The molecular weight excluding hydrogens is 114 g/mol. The topological polar surface area (TPSA) is 33.7 Å². The number of imidazole rings is 1. The fraction of sp³-hybridized carbons (Fsp3) is 0.500. The van der Waals surface area contributed by atoms with Crippen LogP contribution in [0.15, 0.2) is 6.20 Å². The Labute approximate surface area is 54.1 Å². The third-order valence-electron chi connectivity index (χ3n) is 1.56. The first-order valence-electron chi connectivity index (χ1n) is 2.86. The van der Waals surface area contributed by atoms with Crippen LogP contribution < -0.4 is 5.62 Å². The monoisotopic (exact) mass is 125 g/mol. The van der Waals surface area contributed by atoms with Gasteiger partial charge in [0, 0.05) is 26.0 Å². The fourth-order valence-electron chi connectivity index (χ4n) is 0.832. The van der Waals surface area contributed by atoms with E-state index in [2.05, 4.69) is 0 Å². The van der Waals surface area contributed by atoms with E-state index in [0.717, 1.165) is 5.69 Å². The molecule has 1 aromatic heterocycles. The minimum atomic E-state index is 0.535. The lowest BCUT2D eigenvalue weighted by molar-refractivity contribution is 0.717. The molecule has 0 atom stereocenters. The predicted octanol–water partition coefficient (Wildman–Crippen LogP) is 0.151. The lowest BCUT2D eigenvalue weighted by Crippen LogP contribution is -2.19. The van der Waals surface area contributed by atoms with Crippen LogP contribution in [0.1, 0.15) is 5.69 Å². The van der Waals surface area contributed by atoms with Gasteiger partial charge in [-0.05, 0) is 6.92 Å². The molecule has 0 unspecified atom stereocenters. The number of nitrogens with zero attached hydrogens (tertiary/aromatic N) is 2. The van der Waals surface area contributed by atoms with Crippen LogP contribution in [0.5, 0.6) is 0 Å². The van der Waals surface area contributed by atoms with Crippen LogP contribution in [-0.2, 0) is 14.1 Å². The normalized spacial score (nSPS) is 10.1. The zero-order valence-corrected chi connectivity index (χ0v) is 5.97. The summed E-state index contributed by atoms with van der Waals surface area (Å²) in [4.78, 5) is 0. The molecule has 0 saturated heterocycles. The van der Waals surface area contributed by atoms with Gasteiger partial charge in [-0.1, -0.05) is 0 Å². The number of nitrogens with one attached hydrogen (secondary N) is 1. The summed E-state index contributed by atoms with van der Waals surface area (Å²) in [5.74, 6) is 0. The van der Waals surface area contributed by atoms with Gasteiger partial charge >= 0.3 is 0 Å². The zero-order valence-electron chi connectivity index (χ0n) is 5.97. The van der Waals surface area contributed by atoms with Crippen molar-refractivity contribution in [2.45, 2.75) is 6.92 Å².